The van der Waals surface area contributed by atoms with Crippen molar-refractivity contribution in [2.24, 2.45) is 28.8 Å². The fourth-order valence-electron chi connectivity index (χ4n) is 8.75. The summed E-state index contributed by atoms with van der Waals surface area (Å²) in [6.07, 6.45) is 6.93. The van der Waals surface area contributed by atoms with E-state index in [2.05, 4.69) is 65.2 Å². The summed E-state index contributed by atoms with van der Waals surface area (Å²) in [5.41, 5.74) is -0.695. The number of carbonyl (C=O) groups is 2. The number of aliphatic hydroxyl groups excluding tert-OH is 2. The Bertz CT molecular complexity index is 1790. The number of benzene rings is 1. The number of aryl methyl sites for hydroxylation is 2. The molecule has 4 rings (SSSR count). The number of hydrogen-bond donors (Lipinski definition) is 5. The minimum absolute atomic E-state index is 0.0267. The first-order valence-electron chi connectivity index (χ1n) is 24.5. The number of carbonyl (C=O) groups excluding carboxylic acids is 2. The van der Waals surface area contributed by atoms with E-state index in [0.29, 0.717) is 24.6 Å². The highest BCUT2D eigenvalue weighted by molar-refractivity contribution is 8.66. The maximum atomic E-state index is 13.1. The molecule has 402 valence electrons. The molecule has 4 N–H and O–H groups in total. The molecule has 11 atom stereocenters. The molecule has 2 saturated heterocycles. The summed E-state index contributed by atoms with van der Waals surface area (Å²) in [5, 5.41) is 55.7. The van der Waals surface area contributed by atoms with Crippen molar-refractivity contribution in [1.82, 2.24) is 25.2 Å². The van der Waals surface area contributed by atoms with Crippen LogP contribution in [0.3, 0.4) is 0 Å². The van der Waals surface area contributed by atoms with Gasteiger partial charge in [-0.3, -0.25) is 28.6 Å². The topological polar surface area (TPSA) is 242 Å². The molecular weight excluding hydrogens is 943 g/mol. The third-order valence-electron chi connectivity index (χ3n) is 13.0. The molecule has 0 spiro atoms. The van der Waals surface area contributed by atoms with Gasteiger partial charge >= 0.3 is 5.97 Å². The van der Waals surface area contributed by atoms with Crippen LogP contribution in [0.25, 0.3) is 0 Å². The van der Waals surface area contributed by atoms with Crippen LogP contribution in [0, 0.1) is 33.8 Å². The van der Waals surface area contributed by atoms with Gasteiger partial charge in [-0.1, -0.05) is 68.8 Å². The molecule has 2 aliphatic rings. The number of piperidine rings is 1. The van der Waals surface area contributed by atoms with Crippen LogP contribution in [0.15, 0.2) is 41.8 Å². The highest BCUT2D eigenvalue weighted by Crippen LogP contribution is 2.35. The number of nitro benzene ring substituents is 1. The molecule has 70 heavy (non-hydrogen) atoms. The molecule has 0 bridgehead atoms. The molecule has 2 aromatic rings. The summed E-state index contributed by atoms with van der Waals surface area (Å²) in [6.45, 7) is 24.3. The summed E-state index contributed by atoms with van der Waals surface area (Å²) in [5.74, 6) is -3.14. The minimum Gasteiger partial charge on any atom is -0.459 e. The van der Waals surface area contributed by atoms with Crippen molar-refractivity contribution >= 4 is 45.9 Å². The predicted molar refractivity (Wildman–Crippen MR) is 277 cm³/mol. The van der Waals surface area contributed by atoms with Gasteiger partial charge in [0.15, 0.2) is 6.29 Å². The number of oxime groups is 1. The smallest absolute Gasteiger partial charge is 0.316 e. The SMILES string of the molecule is CCCN(C)[C@H](C)C[C@@H](C)O[C@H](C)OSS.CC[C@H]1OC(=O)[C@H](C)C(=O)[C@H](C)C[C@](C)(OC)C[C@@H](C)/C(=N\OC2CCNCC2)[C@H](C)[C@@H](O)[C@]1(C)O.CO.O=[N+]([O-])c1ccc(CCn2ccnn2)cc1. The first-order valence-corrected chi connectivity index (χ1v) is 26.3. The fraction of sp³-hybridized carbons (Fsp3) is 0.776. The Hall–Kier alpha value is -3.25. The fourth-order valence-corrected chi connectivity index (χ4v) is 9.28. The minimum atomic E-state index is -1.78. The molecule has 0 aliphatic carbocycles. The number of rotatable bonds is 17. The van der Waals surface area contributed by atoms with Gasteiger partial charge in [-0.25, -0.2) is 0 Å². The Balaban J connectivity index is 0.000000593. The maximum absolute atomic E-state index is 13.1. The van der Waals surface area contributed by atoms with E-state index in [0.717, 1.165) is 75.6 Å². The van der Waals surface area contributed by atoms with Crippen molar-refractivity contribution in [2.75, 3.05) is 40.9 Å². The number of nitrogens with one attached hydrogen (secondary N) is 1. The number of hydrogen-bond acceptors (Lipinski definition) is 19. The highest BCUT2D eigenvalue weighted by Gasteiger charge is 2.47. The molecule has 1 aromatic carbocycles. The number of thiol groups is 1. The number of esters is 1. The Kier molecular flexibility index (Phi) is 31.0. The van der Waals surface area contributed by atoms with Crippen molar-refractivity contribution < 1.29 is 53.1 Å². The Morgan fingerprint density at radius 1 is 1.07 bits per heavy atom. The largest absolute Gasteiger partial charge is 0.459 e. The Morgan fingerprint density at radius 2 is 1.69 bits per heavy atom. The van der Waals surface area contributed by atoms with Gasteiger partial charge in [0.2, 0.25) is 0 Å². The van der Waals surface area contributed by atoms with Crippen LogP contribution >= 0.6 is 22.7 Å². The van der Waals surface area contributed by atoms with Crippen molar-refractivity contribution in [3.8, 4) is 0 Å². The molecule has 0 amide bonds. The van der Waals surface area contributed by atoms with Gasteiger partial charge in [-0.2, -0.15) is 0 Å². The number of aliphatic hydroxyl groups is 3. The zero-order valence-electron chi connectivity index (χ0n) is 44.3. The number of non-ortho nitro benzene ring substituents is 1. The number of Topliss-reactive ketones (excluding diaryl/α,β-unsaturated/α-hetero) is 1. The predicted octanol–water partition coefficient (Wildman–Crippen LogP) is 7.26. The van der Waals surface area contributed by atoms with Gasteiger partial charge in [0, 0.05) is 62.9 Å². The Morgan fingerprint density at radius 3 is 2.21 bits per heavy atom. The van der Waals surface area contributed by atoms with E-state index >= 15 is 0 Å². The van der Waals surface area contributed by atoms with Crippen LogP contribution in [0.2, 0.25) is 0 Å². The number of methoxy groups -OCH3 is 1. The van der Waals surface area contributed by atoms with Crippen molar-refractivity contribution in [2.45, 2.75) is 182 Å². The molecule has 3 heterocycles. The van der Waals surface area contributed by atoms with Crippen LogP contribution < -0.4 is 5.32 Å². The van der Waals surface area contributed by atoms with E-state index in [9.17, 15) is 29.9 Å². The van der Waals surface area contributed by atoms with Gasteiger partial charge < -0.3 is 44.6 Å². The van der Waals surface area contributed by atoms with Gasteiger partial charge in [-0.05, 0) is 125 Å². The van der Waals surface area contributed by atoms with E-state index in [1.807, 2.05) is 20.8 Å². The monoisotopic (exact) mass is 1030 g/mol. The number of cyclic esters (lactones) is 1. The third-order valence-corrected chi connectivity index (χ3v) is 13.6. The van der Waals surface area contributed by atoms with Crippen molar-refractivity contribution in [1.29, 1.82) is 0 Å². The van der Waals surface area contributed by atoms with E-state index in [1.54, 1.807) is 57.1 Å². The zero-order chi connectivity index (χ0) is 53.2. The van der Waals surface area contributed by atoms with Crippen LogP contribution in [0.5, 0.6) is 0 Å². The zero-order valence-corrected chi connectivity index (χ0v) is 46.0. The summed E-state index contributed by atoms with van der Waals surface area (Å²) < 4.78 is 24.1. The van der Waals surface area contributed by atoms with Crippen LogP contribution in [0.1, 0.15) is 127 Å². The second kappa shape index (κ2) is 33.5. The lowest BCUT2D eigenvalue weighted by Gasteiger charge is -2.41. The lowest BCUT2D eigenvalue weighted by Crippen LogP contribution is -2.56. The van der Waals surface area contributed by atoms with Crippen molar-refractivity contribution in [3.63, 3.8) is 0 Å². The number of nitrogens with zero attached hydrogens (tertiary/aromatic N) is 6. The molecule has 2 fully saturated rings. The summed E-state index contributed by atoms with van der Waals surface area (Å²) in [4.78, 5) is 44.3. The van der Waals surface area contributed by atoms with Crippen LogP contribution in [-0.4, -0.2) is 146 Å². The summed E-state index contributed by atoms with van der Waals surface area (Å²) in [7, 11) is 4.77. The third kappa shape index (κ3) is 22.3. The average Bonchev–Trinajstić information content (AvgIpc) is 3.87. The van der Waals surface area contributed by atoms with Gasteiger partial charge in [-0.15, -0.1) is 5.10 Å². The van der Waals surface area contributed by atoms with Crippen molar-refractivity contribution in [3.05, 3.63) is 52.3 Å². The standard InChI is InChI=1S/C27H48N2O7.C11H25NO2S2.C10H10N4O2.CH4O/c1-9-21-27(7,33)24(31)18(4)22(29-36-20-10-12-28-13-11-20)16(2)14-26(6,34-8)15-17(3)23(30)19(5)25(32)35-21;1-6-7-12(5)9(2)8-10(3)13-11(4)14-16-15;15-14(16)10-3-1-9(2-4-10)5-7-13-8-6-11-12-13;1-2/h16-21,24,28,31,33H,9-15H2,1-8H3;9-11,15H,6-8H2,1-5H3;1-4,6,8H,5,7H2;2H,1H3/b29-22+;;;/t16-,17-,18+,19-,21-,24-,26-,27-;9-,10-,11+;;/m11../s1. The molecule has 21 heteroatoms. The molecule has 19 nitrogen and oxygen atoms in total. The Labute approximate surface area is 426 Å². The second-order valence-corrected chi connectivity index (χ2v) is 19.7. The van der Waals surface area contributed by atoms with E-state index < -0.39 is 52.1 Å². The highest BCUT2D eigenvalue weighted by atomic mass is 33.1. The number of ether oxygens (including phenoxy) is 3. The molecule has 0 saturated carbocycles. The van der Waals surface area contributed by atoms with Crippen LogP contribution in [0.4, 0.5) is 5.69 Å². The molecule has 2 aliphatic heterocycles. The van der Waals surface area contributed by atoms with E-state index in [-0.39, 0.29) is 42.3 Å². The molecule has 0 radical (unpaired) electrons. The quantitative estimate of drug-likeness (QED) is 0.0153. The lowest BCUT2D eigenvalue weighted by molar-refractivity contribution is -0.384. The van der Waals surface area contributed by atoms with Gasteiger partial charge in [0.25, 0.3) is 5.69 Å². The number of ketones is 1. The van der Waals surface area contributed by atoms with Gasteiger partial charge in [0.1, 0.15) is 29.5 Å². The molecule has 0 unspecified atom stereocenters. The first-order chi connectivity index (χ1) is 33.0. The van der Waals surface area contributed by atoms with Crippen LogP contribution in [-0.2, 0) is 45.8 Å². The van der Waals surface area contributed by atoms with E-state index in [4.69, 9.17) is 28.3 Å². The lowest BCUT2D eigenvalue weighted by atomic mass is 9.75. The summed E-state index contributed by atoms with van der Waals surface area (Å²) >= 11 is 4.96. The summed E-state index contributed by atoms with van der Waals surface area (Å²) in [6, 6.07) is 7.07. The molecule has 1 aromatic heterocycles. The molecular formula is C49H87N7O12S2. The van der Waals surface area contributed by atoms with Gasteiger partial charge in [0.05, 0.1) is 45.7 Å². The first kappa shape index (κ1) is 64.8. The van der Waals surface area contributed by atoms with E-state index in [1.165, 1.54) is 32.4 Å². The maximum Gasteiger partial charge on any atom is 0.316 e. The number of nitro groups is 1. The average molecular weight is 1030 g/mol. The number of aromatic nitrogens is 3. The normalized spacial score (nSPS) is 27.8. The second-order valence-electron chi connectivity index (χ2n) is 18.9.